The third-order valence-corrected chi connectivity index (χ3v) is 4.27. The molecule has 0 atom stereocenters. The average Bonchev–Trinajstić information content (AvgIpc) is 2.93. The van der Waals surface area contributed by atoms with Crippen LogP contribution < -0.4 is 27.3 Å². The lowest BCUT2D eigenvalue weighted by molar-refractivity contribution is -0.340. The topological polar surface area (TPSA) is 26.2 Å². The lowest BCUT2D eigenvalue weighted by Crippen LogP contribution is -3.00. The fourth-order valence-electron chi connectivity index (χ4n) is 2.13. The monoisotopic (exact) mass is 360 g/mol. The zero-order valence-electron chi connectivity index (χ0n) is 12.0. The largest absolute Gasteiger partial charge is 1.00 e. The summed E-state index contributed by atoms with van der Waals surface area (Å²) in [6.07, 6.45) is 0. The van der Waals surface area contributed by atoms with E-state index in [1.165, 1.54) is 16.7 Å². The van der Waals surface area contributed by atoms with Gasteiger partial charge in [-0.15, -0.1) is 0 Å². The molecule has 1 aromatic heterocycles. The first kappa shape index (κ1) is 15.7. The van der Waals surface area contributed by atoms with Crippen LogP contribution in [-0.4, -0.2) is 0 Å². The number of halogens is 1. The van der Waals surface area contributed by atoms with Crippen molar-refractivity contribution in [1.29, 1.82) is 0 Å². The molecule has 3 rings (SSSR count). The molecule has 0 spiro atoms. The highest BCUT2D eigenvalue weighted by Crippen LogP contribution is 2.25. The third-order valence-electron chi connectivity index (χ3n) is 3.48. The van der Waals surface area contributed by atoms with E-state index in [1.54, 1.807) is 11.3 Å². The minimum atomic E-state index is 0. The van der Waals surface area contributed by atoms with Crippen molar-refractivity contribution < 1.29 is 22.0 Å². The van der Waals surface area contributed by atoms with E-state index in [4.69, 9.17) is 0 Å². The van der Waals surface area contributed by atoms with Gasteiger partial charge in [-0.2, -0.15) is 0 Å². The second-order valence-corrected chi connectivity index (χ2v) is 5.72. The molecule has 4 heteroatoms. The predicted octanol–water partition coefficient (Wildman–Crippen LogP) is 1.59. The summed E-state index contributed by atoms with van der Waals surface area (Å²) in [4.78, 5) is 3.43. The Morgan fingerprint density at radius 3 is 2.48 bits per heavy atom. The molecule has 0 saturated heterocycles. The number of benzene rings is 2. The van der Waals surface area contributed by atoms with Gasteiger partial charge in [-0.05, 0) is 31.0 Å². The van der Waals surface area contributed by atoms with Gasteiger partial charge in [-0.1, -0.05) is 53.8 Å². The molecular weight excluding hydrogens is 344 g/mol. The molecule has 108 valence electrons. The van der Waals surface area contributed by atoms with Gasteiger partial charge < -0.3 is 17.0 Å². The van der Waals surface area contributed by atoms with Gasteiger partial charge in [-0.3, -0.25) is 0 Å². The Morgan fingerprint density at radius 2 is 1.71 bits per heavy atom. The van der Waals surface area contributed by atoms with Gasteiger partial charge in [0.05, 0.1) is 0 Å². The molecule has 3 aromatic rings. The highest BCUT2D eigenvalue weighted by Gasteiger charge is 2.12. The fourth-order valence-corrected chi connectivity index (χ4v) is 2.90. The number of nitrogens with one attached hydrogen (secondary N) is 2. The SMILES string of the molecule is Cc1cccc(Nc2[nH+]c(-c3ccccc3)cs2)c1C.[Br-]. The molecule has 2 aromatic carbocycles. The van der Waals surface area contributed by atoms with Crippen molar-refractivity contribution in [3.8, 4) is 11.3 Å². The minimum absolute atomic E-state index is 0. The Morgan fingerprint density at radius 1 is 0.952 bits per heavy atom. The molecule has 2 nitrogen and oxygen atoms in total. The van der Waals surface area contributed by atoms with Crippen LogP contribution in [0.2, 0.25) is 0 Å². The first-order valence-corrected chi connectivity index (χ1v) is 7.51. The maximum absolute atomic E-state index is 3.47. The van der Waals surface area contributed by atoms with Crippen molar-refractivity contribution in [3.63, 3.8) is 0 Å². The van der Waals surface area contributed by atoms with Crippen LogP contribution in [0.5, 0.6) is 0 Å². The number of hydrogen-bond donors (Lipinski definition) is 1. The van der Waals surface area contributed by atoms with E-state index in [0.717, 1.165) is 16.5 Å². The maximum atomic E-state index is 3.47. The van der Waals surface area contributed by atoms with Crippen LogP contribution in [0.15, 0.2) is 53.9 Å². The van der Waals surface area contributed by atoms with E-state index in [0.29, 0.717) is 0 Å². The summed E-state index contributed by atoms with van der Waals surface area (Å²) in [6, 6.07) is 16.7. The first-order chi connectivity index (χ1) is 9.74. The molecule has 0 aliphatic carbocycles. The molecule has 0 radical (unpaired) electrons. The lowest BCUT2D eigenvalue weighted by atomic mass is 10.1. The zero-order valence-corrected chi connectivity index (χ0v) is 14.4. The lowest BCUT2D eigenvalue weighted by Gasteiger charge is -2.03. The minimum Gasteiger partial charge on any atom is -1.00 e. The highest BCUT2D eigenvalue weighted by atomic mass is 79.9. The molecule has 0 aliphatic heterocycles. The Labute approximate surface area is 139 Å². The molecule has 21 heavy (non-hydrogen) atoms. The maximum Gasteiger partial charge on any atom is 0.337 e. The number of aryl methyl sites for hydroxylation is 1. The first-order valence-electron chi connectivity index (χ1n) is 6.63. The molecule has 2 N–H and O–H groups in total. The molecule has 0 unspecified atom stereocenters. The second-order valence-electron chi connectivity index (χ2n) is 4.84. The molecule has 0 fully saturated rings. The summed E-state index contributed by atoms with van der Waals surface area (Å²) in [5.74, 6) is 0. The van der Waals surface area contributed by atoms with Crippen LogP contribution in [0.25, 0.3) is 11.3 Å². The van der Waals surface area contributed by atoms with Gasteiger partial charge in [0.2, 0.25) is 0 Å². The molecular formula is C17H17BrN2S. The summed E-state index contributed by atoms with van der Waals surface area (Å²) in [6.45, 7) is 4.28. The van der Waals surface area contributed by atoms with E-state index < -0.39 is 0 Å². The van der Waals surface area contributed by atoms with Crippen LogP contribution >= 0.6 is 11.3 Å². The van der Waals surface area contributed by atoms with Crippen molar-refractivity contribution >= 4 is 22.2 Å². The fraction of sp³-hybridized carbons (Fsp3) is 0.118. The van der Waals surface area contributed by atoms with Gasteiger partial charge in [0.25, 0.3) is 0 Å². The third kappa shape index (κ3) is 3.52. The number of anilines is 2. The van der Waals surface area contributed by atoms with E-state index >= 15 is 0 Å². The number of aromatic amines is 1. The Balaban J connectivity index is 0.00000161. The molecule has 1 heterocycles. The average molecular weight is 361 g/mol. The van der Waals surface area contributed by atoms with E-state index in [-0.39, 0.29) is 17.0 Å². The van der Waals surface area contributed by atoms with Crippen molar-refractivity contribution in [2.75, 3.05) is 5.32 Å². The standard InChI is InChI=1S/C17H16N2S.BrH/c1-12-7-6-10-15(13(12)2)18-17-19-16(11-20-17)14-8-4-3-5-9-14;/h3-11H,1-2H3,(H,18,19);1H. The summed E-state index contributed by atoms with van der Waals surface area (Å²) in [7, 11) is 0. The number of rotatable bonds is 3. The Kier molecular flexibility index (Phi) is 5.15. The number of thiazole rings is 1. The van der Waals surface area contributed by atoms with Gasteiger partial charge in [-0.25, -0.2) is 10.3 Å². The molecule has 0 amide bonds. The molecule has 0 saturated carbocycles. The van der Waals surface area contributed by atoms with Gasteiger partial charge in [0.15, 0.2) is 0 Å². The summed E-state index contributed by atoms with van der Waals surface area (Å²) in [5.41, 5.74) is 6.09. The smallest absolute Gasteiger partial charge is 0.337 e. The van der Waals surface area contributed by atoms with Gasteiger partial charge in [0.1, 0.15) is 11.4 Å². The van der Waals surface area contributed by atoms with Crippen molar-refractivity contribution in [3.05, 3.63) is 65.0 Å². The van der Waals surface area contributed by atoms with Gasteiger partial charge in [0, 0.05) is 10.9 Å². The number of hydrogen-bond acceptors (Lipinski definition) is 2. The van der Waals surface area contributed by atoms with Crippen LogP contribution in [0.4, 0.5) is 10.8 Å². The molecule has 0 bridgehead atoms. The van der Waals surface area contributed by atoms with Crippen LogP contribution in [0.3, 0.4) is 0 Å². The summed E-state index contributed by atoms with van der Waals surface area (Å²) < 4.78 is 0. The van der Waals surface area contributed by atoms with Crippen molar-refractivity contribution in [2.24, 2.45) is 0 Å². The van der Waals surface area contributed by atoms with Crippen molar-refractivity contribution in [2.45, 2.75) is 13.8 Å². The Bertz CT molecular complexity index is 723. The number of aromatic nitrogens is 1. The quantitative estimate of drug-likeness (QED) is 0.754. The van der Waals surface area contributed by atoms with E-state index in [2.05, 4.69) is 72.0 Å². The van der Waals surface area contributed by atoms with Gasteiger partial charge >= 0.3 is 5.13 Å². The van der Waals surface area contributed by atoms with E-state index in [9.17, 15) is 0 Å². The van der Waals surface area contributed by atoms with E-state index in [1.807, 2.05) is 6.07 Å². The Hall–Kier alpha value is -1.65. The zero-order chi connectivity index (χ0) is 13.9. The summed E-state index contributed by atoms with van der Waals surface area (Å²) >= 11 is 1.69. The second kappa shape index (κ2) is 6.87. The van der Waals surface area contributed by atoms with Crippen LogP contribution in [-0.2, 0) is 0 Å². The van der Waals surface area contributed by atoms with Crippen LogP contribution in [0.1, 0.15) is 11.1 Å². The highest BCUT2D eigenvalue weighted by molar-refractivity contribution is 7.13. The normalized spacial score (nSPS) is 10.0. The predicted molar refractivity (Wildman–Crippen MR) is 85.5 cm³/mol. The molecule has 0 aliphatic rings. The summed E-state index contributed by atoms with van der Waals surface area (Å²) in [5, 5.41) is 6.66. The van der Waals surface area contributed by atoms with Crippen LogP contribution in [0, 0.1) is 13.8 Å². The number of H-pyrrole nitrogens is 1. The van der Waals surface area contributed by atoms with Crippen molar-refractivity contribution in [1.82, 2.24) is 0 Å².